The van der Waals surface area contributed by atoms with Gasteiger partial charge in [0.25, 0.3) is 0 Å². The molecule has 0 saturated heterocycles. The van der Waals surface area contributed by atoms with E-state index in [1.54, 1.807) is 16.7 Å². The molecule has 0 aliphatic carbocycles. The summed E-state index contributed by atoms with van der Waals surface area (Å²) in [6.45, 7) is 1.60. The van der Waals surface area contributed by atoms with Crippen molar-refractivity contribution < 1.29 is 0 Å². The third-order valence-corrected chi connectivity index (χ3v) is 2.84. The van der Waals surface area contributed by atoms with E-state index in [0.717, 1.165) is 30.7 Å². The molecule has 3 N–H and O–H groups in total. The van der Waals surface area contributed by atoms with Crippen LogP contribution < -0.4 is 16.7 Å². The Bertz CT molecular complexity index is 617. The summed E-state index contributed by atoms with van der Waals surface area (Å²) in [5, 5.41) is 4.16. The van der Waals surface area contributed by atoms with Crippen molar-refractivity contribution in [3.8, 4) is 0 Å². The largest absolute Gasteiger partial charge is 0.399 e. The molecule has 0 fully saturated rings. The summed E-state index contributed by atoms with van der Waals surface area (Å²) in [6, 6.07) is 5.39. The SMILES string of the molecule is Nc1ccc2nc(=O)n3c(c2c1)NCCC3. The summed E-state index contributed by atoms with van der Waals surface area (Å²) in [4.78, 5) is 15.8. The second kappa shape index (κ2) is 3.23. The maximum atomic E-state index is 11.7. The Morgan fingerprint density at radius 1 is 1.44 bits per heavy atom. The lowest BCUT2D eigenvalue weighted by Crippen LogP contribution is -2.30. The maximum absolute atomic E-state index is 11.7. The first-order valence-electron chi connectivity index (χ1n) is 5.30. The minimum atomic E-state index is -0.195. The zero-order valence-corrected chi connectivity index (χ0v) is 8.73. The Balaban J connectivity index is 2.43. The van der Waals surface area contributed by atoms with Gasteiger partial charge < -0.3 is 11.1 Å². The monoisotopic (exact) mass is 216 g/mol. The molecular weight excluding hydrogens is 204 g/mol. The van der Waals surface area contributed by atoms with Crippen molar-refractivity contribution >= 4 is 22.4 Å². The van der Waals surface area contributed by atoms with Crippen molar-refractivity contribution in [1.29, 1.82) is 0 Å². The number of hydrogen-bond donors (Lipinski definition) is 2. The van der Waals surface area contributed by atoms with Crippen molar-refractivity contribution in [1.82, 2.24) is 9.55 Å². The van der Waals surface area contributed by atoms with Gasteiger partial charge in [-0.1, -0.05) is 0 Å². The van der Waals surface area contributed by atoms with Crippen LogP contribution in [0.5, 0.6) is 0 Å². The van der Waals surface area contributed by atoms with Gasteiger partial charge in [0.2, 0.25) is 0 Å². The lowest BCUT2D eigenvalue weighted by molar-refractivity contribution is 0.600. The fraction of sp³-hybridized carbons (Fsp3) is 0.273. The molecule has 1 aromatic carbocycles. The second-order valence-electron chi connectivity index (χ2n) is 3.95. The lowest BCUT2D eigenvalue weighted by atomic mass is 10.2. The summed E-state index contributed by atoms with van der Waals surface area (Å²) in [5.74, 6) is 0.841. The van der Waals surface area contributed by atoms with Crippen molar-refractivity contribution in [2.24, 2.45) is 0 Å². The summed E-state index contributed by atoms with van der Waals surface area (Å²) in [6.07, 6.45) is 0.947. The van der Waals surface area contributed by atoms with Crippen LogP contribution in [-0.4, -0.2) is 16.1 Å². The van der Waals surface area contributed by atoms with Crippen LogP contribution in [0.4, 0.5) is 11.5 Å². The highest BCUT2D eigenvalue weighted by Crippen LogP contribution is 2.24. The summed E-state index contributed by atoms with van der Waals surface area (Å²) in [7, 11) is 0. The molecule has 3 rings (SSSR count). The van der Waals surface area contributed by atoms with Gasteiger partial charge in [0, 0.05) is 24.2 Å². The average Bonchev–Trinajstić information content (AvgIpc) is 2.31. The zero-order chi connectivity index (χ0) is 11.1. The van der Waals surface area contributed by atoms with Crippen molar-refractivity contribution in [2.75, 3.05) is 17.6 Å². The van der Waals surface area contributed by atoms with E-state index in [2.05, 4.69) is 10.3 Å². The Morgan fingerprint density at radius 3 is 3.19 bits per heavy atom. The first kappa shape index (κ1) is 9.21. The highest BCUT2D eigenvalue weighted by atomic mass is 16.1. The number of nitrogen functional groups attached to an aromatic ring is 1. The molecule has 16 heavy (non-hydrogen) atoms. The van der Waals surface area contributed by atoms with Crippen LogP contribution in [0.25, 0.3) is 10.9 Å². The highest BCUT2D eigenvalue weighted by Gasteiger charge is 2.14. The number of nitrogens with zero attached hydrogens (tertiary/aromatic N) is 2. The number of anilines is 2. The normalized spacial score (nSPS) is 14.5. The van der Waals surface area contributed by atoms with E-state index in [9.17, 15) is 4.79 Å². The Morgan fingerprint density at radius 2 is 2.31 bits per heavy atom. The Kier molecular flexibility index (Phi) is 1.86. The summed E-state index contributed by atoms with van der Waals surface area (Å²) < 4.78 is 1.67. The van der Waals surface area contributed by atoms with Gasteiger partial charge in [-0.3, -0.25) is 4.57 Å². The molecule has 0 spiro atoms. The molecule has 1 aromatic heterocycles. The van der Waals surface area contributed by atoms with Crippen LogP contribution in [0.15, 0.2) is 23.0 Å². The van der Waals surface area contributed by atoms with E-state index in [0.29, 0.717) is 11.2 Å². The van der Waals surface area contributed by atoms with E-state index < -0.39 is 0 Å². The van der Waals surface area contributed by atoms with Crippen LogP contribution >= 0.6 is 0 Å². The summed E-state index contributed by atoms with van der Waals surface area (Å²) >= 11 is 0. The number of benzene rings is 1. The average molecular weight is 216 g/mol. The Hall–Kier alpha value is -2.04. The molecule has 1 aliphatic heterocycles. The number of nitrogens with two attached hydrogens (primary N) is 1. The standard InChI is InChI=1S/C11H12N4O/c12-7-2-3-9-8(6-7)10-13-4-1-5-15(10)11(16)14-9/h2-3,6,13H,1,4-5,12H2. The fourth-order valence-electron chi connectivity index (χ4n) is 2.09. The van der Waals surface area contributed by atoms with Crippen LogP contribution in [-0.2, 0) is 6.54 Å². The molecule has 5 heteroatoms. The topological polar surface area (TPSA) is 72.9 Å². The van der Waals surface area contributed by atoms with Crippen LogP contribution in [0.1, 0.15) is 6.42 Å². The maximum Gasteiger partial charge on any atom is 0.349 e. The van der Waals surface area contributed by atoms with E-state index in [1.807, 2.05) is 6.07 Å². The quantitative estimate of drug-likeness (QED) is 0.639. The van der Waals surface area contributed by atoms with Gasteiger partial charge in [-0.15, -0.1) is 0 Å². The molecule has 82 valence electrons. The fourth-order valence-corrected chi connectivity index (χ4v) is 2.09. The molecule has 2 heterocycles. The molecule has 1 aliphatic rings. The lowest BCUT2D eigenvalue weighted by Gasteiger charge is -2.21. The van der Waals surface area contributed by atoms with Crippen LogP contribution in [0.2, 0.25) is 0 Å². The van der Waals surface area contributed by atoms with Gasteiger partial charge in [-0.05, 0) is 24.6 Å². The second-order valence-corrected chi connectivity index (χ2v) is 3.95. The third-order valence-electron chi connectivity index (χ3n) is 2.84. The number of hydrogen-bond acceptors (Lipinski definition) is 4. The van der Waals surface area contributed by atoms with Gasteiger partial charge in [0.05, 0.1) is 5.52 Å². The van der Waals surface area contributed by atoms with Crippen molar-refractivity contribution in [2.45, 2.75) is 13.0 Å². The van der Waals surface area contributed by atoms with Gasteiger partial charge >= 0.3 is 5.69 Å². The van der Waals surface area contributed by atoms with Gasteiger partial charge in [0.15, 0.2) is 0 Å². The number of aromatic nitrogens is 2. The van der Waals surface area contributed by atoms with E-state index >= 15 is 0 Å². The van der Waals surface area contributed by atoms with Gasteiger partial charge in [0.1, 0.15) is 5.82 Å². The highest BCUT2D eigenvalue weighted by molar-refractivity contribution is 5.91. The van der Waals surface area contributed by atoms with Gasteiger partial charge in [-0.2, -0.15) is 4.98 Å². The van der Waals surface area contributed by atoms with E-state index in [1.165, 1.54) is 0 Å². The number of rotatable bonds is 0. The van der Waals surface area contributed by atoms with E-state index in [-0.39, 0.29) is 5.69 Å². The number of nitrogens with one attached hydrogen (secondary N) is 1. The number of fused-ring (bicyclic) bond motifs is 3. The van der Waals surface area contributed by atoms with Crippen LogP contribution in [0.3, 0.4) is 0 Å². The minimum Gasteiger partial charge on any atom is -0.399 e. The third kappa shape index (κ3) is 1.25. The molecule has 0 radical (unpaired) electrons. The zero-order valence-electron chi connectivity index (χ0n) is 8.73. The Labute approximate surface area is 91.9 Å². The molecule has 0 saturated carbocycles. The van der Waals surface area contributed by atoms with E-state index in [4.69, 9.17) is 5.73 Å². The molecule has 0 bridgehead atoms. The molecule has 0 amide bonds. The molecule has 2 aromatic rings. The van der Waals surface area contributed by atoms with Crippen LogP contribution in [0, 0.1) is 0 Å². The molecule has 0 atom stereocenters. The predicted molar refractivity (Wildman–Crippen MR) is 63.5 cm³/mol. The minimum absolute atomic E-state index is 0.195. The molecule has 0 unspecified atom stereocenters. The molecule has 5 nitrogen and oxygen atoms in total. The van der Waals surface area contributed by atoms with Crippen molar-refractivity contribution in [3.63, 3.8) is 0 Å². The predicted octanol–water partition coefficient (Wildman–Crippen LogP) is 0.794. The first-order valence-corrected chi connectivity index (χ1v) is 5.30. The summed E-state index contributed by atoms with van der Waals surface area (Å²) in [5.41, 5.74) is 6.93. The van der Waals surface area contributed by atoms with Crippen molar-refractivity contribution in [3.05, 3.63) is 28.7 Å². The molecular formula is C11H12N4O. The van der Waals surface area contributed by atoms with Gasteiger partial charge in [-0.25, -0.2) is 4.79 Å². The first-order chi connectivity index (χ1) is 7.75. The smallest absolute Gasteiger partial charge is 0.349 e.